The number of amides is 1. The molecule has 1 aliphatic heterocycles. The minimum absolute atomic E-state index is 0.0487. The summed E-state index contributed by atoms with van der Waals surface area (Å²) in [7, 11) is -2.65. The number of likely N-dealkylation sites (tertiary alicyclic amines) is 1. The van der Waals surface area contributed by atoms with Gasteiger partial charge in [0.25, 0.3) is 0 Å². The van der Waals surface area contributed by atoms with E-state index in [0.29, 0.717) is 22.4 Å². The van der Waals surface area contributed by atoms with Crippen molar-refractivity contribution in [2.75, 3.05) is 18.4 Å². The molecule has 0 bridgehead atoms. The second-order valence-corrected chi connectivity index (χ2v) is 10.7. The van der Waals surface area contributed by atoms with Crippen LogP contribution in [0.4, 0.5) is 32.0 Å². The summed E-state index contributed by atoms with van der Waals surface area (Å²) in [5.74, 6) is -0.858. The van der Waals surface area contributed by atoms with Crippen LogP contribution in [0.2, 0.25) is 0 Å². The summed E-state index contributed by atoms with van der Waals surface area (Å²) < 4.78 is 108. The van der Waals surface area contributed by atoms with Crippen molar-refractivity contribution in [3.8, 4) is 0 Å². The van der Waals surface area contributed by atoms with Gasteiger partial charge in [0.15, 0.2) is 0 Å². The van der Waals surface area contributed by atoms with E-state index in [2.05, 4.69) is 5.32 Å². The number of alkyl halides is 6. The quantitative estimate of drug-likeness (QED) is 0.349. The zero-order chi connectivity index (χ0) is 27.6. The lowest BCUT2D eigenvalue weighted by atomic mass is 9.83. The van der Waals surface area contributed by atoms with Gasteiger partial charge in [-0.3, -0.25) is 9.69 Å². The maximum atomic E-state index is 14.3. The number of nitrogens with zero attached hydrogens (tertiary/aromatic N) is 1. The Hall–Kier alpha value is -2.60. The second-order valence-electron chi connectivity index (χ2n) is 9.40. The van der Waals surface area contributed by atoms with Crippen molar-refractivity contribution in [2.24, 2.45) is 5.92 Å². The van der Waals surface area contributed by atoms with Crippen molar-refractivity contribution >= 4 is 22.3 Å². The SMILES string of the molecule is CC1CCCN(C(c2ccc(NC(=O)Cc3ccc(C(C)[SH](=O)=O)cc3)cc2)(C(F)(F)F)C(F)(F)F)C1. The molecule has 1 heterocycles. The Balaban J connectivity index is 1.82. The van der Waals surface area contributed by atoms with Gasteiger partial charge in [0.05, 0.1) is 11.7 Å². The minimum atomic E-state index is -5.63. The van der Waals surface area contributed by atoms with Crippen LogP contribution in [0.5, 0.6) is 0 Å². The van der Waals surface area contributed by atoms with Crippen LogP contribution in [0.25, 0.3) is 0 Å². The first-order valence-corrected chi connectivity index (χ1v) is 12.9. The predicted octanol–water partition coefficient (Wildman–Crippen LogP) is 5.59. The van der Waals surface area contributed by atoms with E-state index in [-0.39, 0.29) is 37.5 Å². The molecule has 0 aromatic heterocycles. The smallest absolute Gasteiger partial charge is 0.326 e. The first kappa shape index (κ1) is 29.0. The summed E-state index contributed by atoms with van der Waals surface area (Å²) in [6.07, 6.45) is -10.6. The lowest BCUT2D eigenvalue weighted by molar-refractivity contribution is -0.351. The van der Waals surface area contributed by atoms with E-state index in [9.17, 15) is 39.6 Å². The molecule has 2 unspecified atom stereocenters. The molecule has 1 aliphatic rings. The standard InChI is InChI=1S/C25H28F6N2O3S/c1-16-4-3-13-33(15-16)23(24(26,27)28,25(29,30)31)20-9-11-21(12-10-20)32-22(34)14-18-5-7-19(8-6-18)17(2)37(35)36/h5-12,16-17,37H,3-4,13-15H2,1-2H3,(H,32,34). The Labute approximate surface area is 212 Å². The van der Waals surface area contributed by atoms with Gasteiger partial charge >= 0.3 is 12.4 Å². The van der Waals surface area contributed by atoms with Gasteiger partial charge in [0, 0.05) is 12.2 Å². The number of piperidine rings is 1. The third kappa shape index (κ3) is 6.11. The topological polar surface area (TPSA) is 66.5 Å². The average Bonchev–Trinajstić information content (AvgIpc) is 2.79. The highest BCUT2D eigenvalue weighted by Crippen LogP contribution is 2.55. The van der Waals surface area contributed by atoms with E-state index >= 15 is 0 Å². The second kappa shape index (κ2) is 11.0. The molecule has 0 aliphatic carbocycles. The molecule has 2 atom stereocenters. The number of thiol groups is 1. The van der Waals surface area contributed by atoms with E-state index in [1.807, 2.05) is 0 Å². The zero-order valence-electron chi connectivity index (χ0n) is 20.2. The maximum Gasteiger partial charge on any atom is 0.419 e. The molecule has 0 spiro atoms. The maximum absolute atomic E-state index is 14.3. The molecule has 0 saturated carbocycles. The fourth-order valence-electron chi connectivity index (χ4n) is 4.74. The number of carbonyl (C=O) groups is 1. The summed E-state index contributed by atoms with van der Waals surface area (Å²) >= 11 is 0. The number of hydrogen-bond donors (Lipinski definition) is 2. The summed E-state index contributed by atoms with van der Waals surface area (Å²) in [4.78, 5) is 12.9. The molecule has 37 heavy (non-hydrogen) atoms. The Morgan fingerprint density at radius 3 is 2.05 bits per heavy atom. The molecule has 3 rings (SSSR count). The molecule has 2 aromatic rings. The monoisotopic (exact) mass is 550 g/mol. The molecule has 0 radical (unpaired) electrons. The normalized spacial score (nSPS) is 18.6. The highest BCUT2D eigenvalue weighted by molar-refractivity contribution is 7.72. The minimum Gasteiger partial charge on any atom is -0.326 e. The van der Waals surface area contributed by atoms with Gasteiger partial charge in [-0.2, -0.15) is 26.3 Å². The first-order chi connectivity index (χ1) is 17.2. The summed E-state index contributed by atoms with van der Waals surface area (Å²) in [6.45, 7) is 2.46. The fourth-order valence-corrected chi connectivity index (χ4v) is 5.16. The van der Waals surface area contributed by atoms with Crippen molar-refractivity contribution in [3.05, 3.63) is 65.2 Å². The van der Waals surface area contributed by atoms with Gasteiger partial charge in [0.2, 0.25) is 11.4 Å². The third-order valence-corrected chi connectivity index (χ3v) is 7.61. The number of nitrogens with one attached hydrogen (secondary N) is 1. The van der Waals surface area contributed by atoms with Gasteiger partial charge < -0.3 is 5.32 Å². The lowest BCUT2D eigenvalue weighted by Crippen LogP contribution is -2.66. The van der Waals surface area contributed by atoms with Crippen LogP contribution in [0.15, 0.2) is 48.5 Å². The van der Waals surface area contributed by atoms with Crippen molar-refractivity contribution in [2.45, 2.75) is 56.3 Å². The van der Waals surface area contributed by atoms with Crippen LogP contribution >= 0.6 is 0 Å². The lowest BCUT2D eigenvalue weighted by Gasteiger charge is -2.48. The van der Waals surface area contributed by atoms with Gasteiger partial charge in [0.1, 0.15) is 10.7 Å². The first-order valence-electron chi connectivity index (χ1n) is 11.7. The van der Waals surface area contributed by atoms with Crippen LogP contribution in [0.3, 0.4) is 0 Å². The molecule has 1 saturated heterocycles. The Morgan fingerprint density at radius 2 is 1.57 bits per heavy atom. The summed E-state index contributed by atoms with van der Waals surface area (Å²) in [6, 6.07) is 9.88. The molecule has 1 amide bonds. The van der Waals surface area contributed by atoms with Crippen molar-refractivity contribution in [1.82, 2.24) is 4.90 Å². The van der Waals surface area contributed by atoms with Gasteiger partial charge in [-0.25, -0.2) is 8.42 Å². The molecule has 1 fully saturated rings. The van der Waals surface area contributed by atoms with Crippen LogP contribution in [0.1, 0.15) is 48.6 Å². The zero-order valence-corrected chi connectivity index (χ0v) is 21.1. The number of anilines is 1. The van der Waals surface area contributed by atoms with E-state index in [4.69, 9.17) is 0 Å². The van der Waals surface area contributed by atoms with Crippen LogP contribution < -0.4 is 5.32 Å². The number of halogens is 6. The van der Waals surface area contributed by atoms with Gasteiger partial charge in [-0.1, -0.05) is 43.3 Å². The highest BCUT2D eigenvalue weighted by atomic mass is 32.2. The van der Waals surface area contributed by atoms with E-state index in [1.165, 1.54) is 6.92 Å². The molecule has 1 N–H and O–H groups in total. The third-order valence-electron chi connectivity index (χ3n) is 6.68. The molecular formula is C25H28F6N2O3S. The van der Waals surface area contributed by atoms with Crippen LogP contribution in [0, 0.1) is 5.92 Å². The Kier molecular flexibility index (Phi) is 8.63. The van der Waals surface area contributed by atoms with Crippen LogP contribution in [-0.2, 0) is 27.5 Å². The molecule has 2 aromatic carbocycles. The molecular weight excluding hydrogens is 522 g/mol. The number of carbonyl (C=O) groups excluding carboxylic acids is 1. The Bertz CT molecular complexity index is 1140. The van der Waals surface area contributed by atoms with E-state index < -0.39 is 45.3 Å². The molecule has 204 valence electrons. The van der Waals surface area contributed by atoms with Crippen LogP contribution in [-0.4, -0.2) is 44.7 Å². The Morgan fingerprint density at radius 1 is 1.00 bits per heavy atom. The fraction of sp³-hybridized carbons (Fsp3) is 0.480. The highest BCUT2D eigenvalue weighted by Gasteiger charge is 2.74. The number of rotatable bonds is 7. The molecule has 12 heteroatoms. The average molecular weight is 551 g/mol. The predicted molar refractivity (Wildman–Crippen MR) is 128 cm³/mol. The number of hydrogen-bond acceptors (Lipinski definition) is 4. The van der Waals surface area contributed by atoms with E-state index in [0.717, 1.165) is 24.3 Å². The summed E-state index contributed by atoms with van der Waals surface area (Å²) in [5, 5.41) is 1.79. The molecule has 5 nitrogen and oxygen atoms in total. The van der Waals surface area contributed by atoms with Crippen molar-refractivity contribution < 1.29 is 39.6 Å². The van der Waals surface area contributed by atoms with Gasteiger partial charge in [-0.15, -0.1) is 0 Å². The number of benzene rings is 2. The van der Waals surface area contributed by atoms with E-state index in [1.54, 1.807) is 31.2 Å². The van der Waals surface area contributed by atoms with Crippen molar-refractivity contribution in [3.63, 3.8) is 0 Å². The van der Waals surface area contributed by atoms with Crippen molar-refractivity contribution in [1.29, 1.82) is 0 Å². The summed E-state index contributed by atoms with van der Waals surface area (Å²) in [5.41, 5.74) is -3.96. The largest absolute Gasteiger partial charge is 0.419 e. The van der Waals surface area contributed by atoms with Gasteiger partial charge in [-0.05, 0) is 61.1 Å².